The highest BCUT2D eigenvalue weighted by atomic mass is 35.5. The van der Waals surface area contributed by atoms with E-state index in [1.807, 2.05) is 6.07 Å². The number of benzene rings is 1. The topological polar surface area (TPSA) is 78.7 Å². The molecule has 0 spiro atoms. The number of amides is 1. The maximum atomic E-state index is 12.1. The molecule has 21 heavy (non-hydrogen) atoms. The monoisotopic (exact) mass is 340 g/mol. The number of aromatic nitrogens is 2. The largest absolute Gasteiger partial charge is 0.331 e. The first kappa shape index (κ1) is 15.5. The molecule has 8 heteroatoms. The molecule has 0 bridgehead atoms. The van der Waals surface area contributed by atoms with Gasteiger partial charge in [0, 0.05) is 11.8 Å². The molecule has 0 radical (unpaired) electrons. The van der Waals surface area contributed by atoms with Gasteiger partial charge in [-0.25, -0.2) is 9.97 Å². The van der Waals surface area contributed by atoms with E-state index in [1.165, 1.54) is 12.5 Å². The van der Waals surface area contributed by atoms with Gasteiger partial charge in [-0.2, -0.15) is 5.26 Å². The van der Waals surface area contributed by atoms with E-state index in [0.29, 0.717) is 10.6 Å². The maximum absolute atomic E-state index is 12.1. The molecule has 5 nitrogen and oxygen atoms in total. The predicted octanol–water partition coefficient (Wildman–Crippen LogP) is 3.43. The van der Waals surface area contributed by atoms with Gasteiger partial charge in [0.25, 0.3) is 5.91 Å². The molecule has 0 aliphatic rings. The van der Waals surface area contributed by atoms with Crippen molar-refractivity contribution in [3.8, 4) is 6.07 Å². The van der Waals surface area contributed by atoms with E-state index in [1.54, 1.807) is 18.2 Å². The molecule has 1 N–H and O–H groups in total. The highest BCUT2D eigenvalue weighted by Crippen LogP contribution is 2.29. The van der Waals surface area contributed by atoms with E-state index in [2.05, 4.69) is 15.3 Å². The molecule has 0 fully saturated rings. The lowest BCUT2D eigenvalue weighted by Gasteiger charge is -2.14. The summed E-state index contributed by atoms with van der Waals surface area (Å²) in [5.41, 5.74) is 0.371. The molecule has 2 aromatic rings. The lowest BCUT2D eigenvalue weighted by Crippen LogP contribution is -2.28. The zero-order valence-electron chi connectivity index (χ0n) is 10.3. The molecule has 1 atom stereocenters. The highest BCUT2D eigenvalue weighted by Gasteiger charge is 2.21. The average Bonchev–Trinajstić information content (AvgIpc) is 2.48. The number of halogens is 3. The van der Waals surface area contributed by atoms with Crippen molar-refractivity contribution in [2.24, 2.45) is 0 Å². The molecule has 2 rings (SSSR count). The van der Waals surface area contributed by atoms with Crippen LogP contribution in [0.2, 0.25) is 15.1 Å². The van der Waals surface area contributed by atoms with Crippen LogP contribution in [0.3, 0.4) is 0 Å². The van der Waals surface area contributed by atoms with Gasteiger partial charge in [0.05, 0.1) is 21.1 Å². The molecule has 106 valence electrons. The summed E-state index contributed by atoms with van der Waals surface area (Å²) in [6.45, 7) is 0. The van der Waals surface area contributed by atoms with Crippen molar-refractivity contribution in [1.82, 2.24) is 15.3 Å². The Morgan fingerprint density at radius 3 is 2.71 bits per heavy atom. The van der Waals surface area contributed by atoms with Crippen molar-refractivity contribution in [2.75, 3.05) is 0 Å². The van der Waals surface area contributed by atoms with Crippen LogP contribution in [0, 0.1) is 11.3 Å². The summed E-state index contributed by atoms with van der Waals surface area (Å²) in [6.07, 6.45) is 2.48. The van der Waals surface area contributed by atoms with Gasteiger partial charge < -0.3 is 5.32 Å². The summed E-state index contributed by atoms with van der Waals surface area (Å²) in [6, 6.07) is 5.79. The lowest BCUT2D eigenvalue weighted by molar-refractivity contribution is 0.0940. The Balaban J connectivity index is 2.28. The van der Waals surface area contributed by atoms with E-state index in [4.69, 9.17) is 34.8 Å². The molecule has 1 heterocycles. The van der Waals surface area contributed by atoms with Gasteiger partial charge in [0.1, 0.15) is 18.1 Å². The average molecular weight is 342 g/mol. The number of carbonyl (C=O) groups is 1. The predicted molar refractivity (Wildman–Crippen MR) is 79.3 cm³/mol. The van der Waals surface area contributed by atoms with Crippen molar-refractivity contribution in [3.63, 3.8) is 0 Å². The second kappa shape index (κ2) is 6.72. The van der Waals surface area contributed by atoms with Crippen molar-refractivity contribution < 1.29 is 4.79 Å². The van der Waals surface area contributed by atoms with Crippen LogP contribution in [0.15, 0.2) is 30.7 Å². The number of nitrogens with zero attached hydrogens (tertiary/aromatic N) is 3. The van der Waals surface area contributed by atoms with Gasteiger partial charge in [-0.1, -0.05) is 46.9 Å². The van der Waals surface area contributed by atoms with Gasteiger partial charge in [-0.15, -0.1) is 0 Å². The fourth-order valence-electron chi connectivity index (χ4n) is 1.60. The Kier molecular flexibility index (Phi) is 4.97. The second-order valence-corrected chi connectivity index (χ2v) is 5.09. The first-order valence-corrected chi connectivity index (χ1v) is 6.78. The summed E-state index contributed by atoms with van der Waals surface area (Å²) in [5.74, 6) is -0.606. The molecule has 0 saturated carbocycles. The van der Waals surface area contributed by atoms with Gasteiger partial charge in [-0.3, -0.25) is 4.79 Å². The van der Waals surface area contributed by atoms with Gasteiger partial charge >= 0.3 is 0 Å². The minimum absolute atomic E-state index is 0.0231. The number of hydrogen-bond donors (Lipinski definition) is 1. The third kappa shape index (κ3) is 3.42. The van der Waals surface area contributed by atoms with Crippen molar-refractivity contribution in [1.29, 1.82) is 5.26 Å². The zero-order chi connectivity index (χ0) is 15.4. The fourth-order valence-corrected chi connectivity index (χ4v) is 2.21. The third-order valence-electron chi connectivity index (χ3n) is 2.58. The SMILES string of the molecule is N#C[C@@H](NC(=O)c1ncncc1Cl)c1cccc(Cl)c1Cl. The van der Waals surface area contributed by atoms with Crippen LogP contribution in [-0.2, 0) is 0 Å². The third-order valence-corrected chi connectivity index (χ3v) is 3.69. The maximum Gasteiger partial charge on any atom is 0.272 e. The Morgan fingerprint density at radius 1 is 1.29 bits per heavy atom. The second-order valence-electron chi connectivity index (χ2n) is 3.90. The van der Waals surface area contributed by atoms with E-state index in [0.717, 1.165) is 0 Å². The smallest absolute Gasteiger partial charge is 0.272 e. The van der Waals surface area contributed by atoms with E-state index >= 15 is 0 Å². The van der Waals surface area contributed by atoms with Gasteiger partial charge in [-0.05, 0) is 6.07 Å². The number of carbonyl (C=O) groups excluding carboxylic acids is 1. The van der Waals surface area contributed by atoms with Gasteiger partial charge in [0.2, 0.25) is 0 Å². The Morgan fingerprint density at radius 2 is 2.05 bits per heavy atom. The quantitative estimate of drug-likeness (QED) is 0.927. The zero-order valence-corrected chi connectivity index (χ0v) is 12.6. The molecule has 0 aliphatic heterocycles. The van der Waals surface area contributed by atoms with Gasteiger partial charge in [0.15, 0.2) is 0 Å². The molecular weight excluding hydrogens is 335 g/mol. The number of rotatable bonds is 3. The van der Waals surface area contributed by atoms with Crippen LogP contribution in [-0.4, -0.2) is 15.9 Å². The number of nitriles is 1. The number of nitrogens with one attached hydrogen (secondary N) is 1. The van der Waals surface area contributed by atoms with Crippen molar-refractivity contribution in [3.05, 3.63) is 57.0 Å². The fraction of sp³-hybridized carbons (Fsp3) is 0.0769. The summed E-state index contributed by atoms with van der Waals surface area (Å²) >= 11 is 17.8. The molecule has 0 unspecified atom stereocenters. The minimum Gasteiger partial charge on any atom is -0.331 e. The first-order chi connectivity index (χ1) is 10.0. The minimum atomic E-state index is -0.977. The number of hydrogen-bond acceptors (Lipinski definition) is 4. The van der Waals surface area contributed by atoms with E-state index < -0.39 is 11.9 Å². The Hall–Kier alpha value is -1.87. The normalized spacial score (nSPS) is 11.5. The molecule has 1 aromatic carbocycles. The summed E-state index contributed by atoms with van der Waals surface area (Å²) in [5, 5.41) is 12.3. The summed E-state index contributed by atoms with van der Waals surface area (Å²) in [7, 11) is 0. The summed E-state index contributed by atoms with van der Waals surface area (Å²) < 4.78 is 0. The Bertz CT molecular complexity index is 730. The first-order valence-electron chi connectivity index (χ1n) is 5.64. The molecule has 0 aliphatic carbocycles. The standard InChI is InChI=1S/C13H7Cl3N4O/c14-8-3-1-2-7(11(8)16)10(4-17)20-13(21)12-9(15)5-18-6-19-12/h1-3,5-6,10H,(H,20,21)/t10-/m1/s1. The molecular formula is C13H7Cl3N4O. The van der Waals surface area contributed by atoms with Crippen LogP contribution in [0.25, 0.3) is 0 Å². The van der Waals surface area contributed by atoms with E-state index in [-0.39, 0.29) is 15.7 Å². The highest BCUT2D eigenvalue weighted by molar-refractivity contribution is 6.42. The summed E-state index contributed by atoms with van der Waals surface area (Å²) in [4.78, 5) is 19.6. The lowest BCUT2D eigenvalue weighted by atomic mass is 10.1. The molecule has 0 saturated heterocycles. The van der Waals surface area contributed by atoms with E-state index in [9.17, 15) is 10.1 Å². The Labute approximate surface area is 135 Å². The van der Waals surface area contributed by atoms with Crippen LogP contribution < -0.4 is 5.32 Å². The molecule has 1 amide bonds. The van der Waals surface area contributed by atoms with Crippen LogP contribution in [0.4, 0.5) is 0 Å². The van der Waals surface area contributed by atoms with Crippen LogP contribution >= 0.6 is 34.8 Å². The molecule has 1 aromatic heterocycles. The van der Waals surface area contributed by atoms with Crippen LogP contribution in [0.5, 0.6) is 0 Å². The van der Waals surface area contributed by atoms with Crippen molar-refractivity contribution >= 4 is 40.7 Å². The van der Waals surface area contributed by atoms with Crippen molar-refractivity contribution in [2.45, 2.75) is 6.04 Å². The van der Waals surface area contributed by atoms with Crippen LogP contribution in [0.1, 0.15) is 22.1 Å².